The van der Waals surface area contributed by atoms with Gasteiger partial charge in [0.1, 0.15) is 5.75 Å². The Kier molecular flexibility index (Phi) is 5.42. The molecule has 0 atom stereocenters. The van der Waals surface area contributed by atoms with Gasteiger partial charge >= 0.3 is 5.97 Å². The van der Waals surface area contributed by atoms with Crippen LogP contribution < -0.4 is 5.32 Å². The van der Waals surface area contributed by atoms with Crippen LogP contribution in [0.5, 0.6) is 5.75 Å². The van der Waals surface area contributed by atoms with Crippen molar-refractivity contribution in [3.05, 3.63) is 28.8 Å². The van der Waals surface area contributed by atoms with Crippen LogP contribution in [0.15, 0.2) is 12.1 Å². The van der Waals surface area contributed by atoms with E-state index in [4.69, 9.17) is 5.11 Å². The van der Waals surface area contributed by atoms with Gasteiger partial charge < -0.3 is 15.5 Å². The van der Waals surface area contributed by atoms with E-state index in [-0.39, 0.29) is 6.54 Å². The maximum Gasteiger partial charge on any atom is 0.317 e. The molecule has 0 aromatic heterocycles. The molecule has 1 saturated carbocycles. The number of nitrogens with zero attached hydrogens (tertiary/aromatic N) is 1. The van der Waals surface area contributed by atoms with Crippen LogP contribution in [0.2, 0.25) is 0 Å². The molecule has 0 spiro atoms. The summed E-state index contributed by atoms with van der Waals surface area (Å²) in [7, 11) is 0. The molecule has 0 amide bonds. The summed E-state index contributed by atoms with van der Waals surface area (Å²) in [5.74, 6) is -0.381. The van der Waals surface area contributed by atoms with Crippen molar-refractivity contribution < 1.29 is 15.0 Å². The van der Waals surface area contributed by atoms with Crippen LogP contribution in [0.4, 0.5) is 0 Å². The molecule has 3 N–H and O–H groups in total. The first-order chi connectivity index (χ1) is 10.4. The fourth-order valence-corrected chi connectivity index (χ4v) is 3.14. The van der Waals surface area contributed by atoms with E-state index in [1.54, 1.807) is 0 Å². The second-order valence-corrected chi connectivity index (χ2v) is 6.24. The lowest BCUT2D eigenvalue weighted by Crippen LogP contribution is -2.53. The zero-order valence-corrected chi connectivity index (χ0v) is 13.6. The normalized spacial score (nSPS) is 20.9. The second-order valence-electron chi connectivity index (χ2n) is 6.24. The Morgan fingerprint density at radius 2 is 1.91 bits per heavy atom. The third kappa shape index (κ3) is 3.99. The van der Waals surface area contributed by atoms with Crippen LogP contribution in [-0.4, -0.2) is 46.3 Å². The van der Waals surface area contributed by atoms with Crippen LogP contribution in [-0.2, 0) is 11.3 Å². The van der Waals surface area contributed by atoms with Gasteiger partial charge in [-0.15, -0.1) is 0 Å². The zero-order chi connectivity index (χ0) is 16.3. The van der Waals surface area contributed by atoms with Crippen LogP contribution >= 0.6 is 0 Å². The molecule has 5 nitrogen and oxygen atoms in total. The number of aryl methyl sites for hydroxylation is 2. The number of phenolic OH excluding ortho intramolecular Hbond substituents is 1. The minimum absolute atomic E-state index is 0.129. The average molecular weight is 306 g/mol. The Morgan fingerprint density at radius 1 is 1.32 bits per heavy atom. The third-order valence-corrected chi connectivity index (χ3v) is 4.52. The SMILES string of the molecule is CCN(CC(=O)O)C1CC(NCc2cc(C)c(O)c(C)c2)C1. The first-order valence-corrected chi connectivity index (χ1v) is 7.89. The first-order valence-electron chi connectivity index (χ1n) is 7.89. The molecular formula is C17H26N2O3. The lowest BCUT2D eigenvalue weighted by Gasteiger charge is -2.42. The van der Waals surface area contributed by atoms with Gasteiger partial charge in [-0.25, -0.2) is 0 Å². The topological polar surface area (TPSA) is 72.8 Å². The molecule has 0 unspecified atom stereocenters. The van der Waals surface area contributed by atoms with E-state index in [9.17, 15) is 9.90 Å². The number of phenols is 1. The summed E-state index contributed by atoms with van der Waals surface area (Å²) in [4.78, 5) is 12.8. The Hall–Kier alpha value is -1.59. The van der Waals surface area contributed by atoms with E-state index in [1.165, 1.54) is 5.56 Å². The van der Waals surface area contributed by atoms with Gasteiger partial charge in [-0.05, 0) is 49.9 Å². The van der Waals surface area contributed by atoms with Gasteiger partial charge in [0.2, 0.25) is 0 Å². The molecule has 5 heteroatoms. The van der Waals surface area contributed by atoms with Crippen LogP contribution in [0.25, 0.3) is 0 Å². The summed E-state index contributed by atoms with van der Waals surface area (Å²) >= 11 is 0. The first kappa shape index (κ1) is 16.8. The largest absolute Gasteiger partial charge is 0.507 e. The summed E-state index contributed by atoms with van der Waals surface area (Å²) in [5.41, 5.74) is 2.98. The van der Waals surface area contributed by atoms with Gasteiger partial charge in [-0.1, -0.05) is 19.1 Å². The van der Waals surface area contributed by atoms with Crippen LogP contribution in [0.1, 0.15) is 36.5 Å². The number of benzene rings is 1. The molecule has 2 rings (SSSR count). The van der Waals surface area contributed by atoms with Crippen molar-refractivity contribution in [2.45, 2.75) is 52.2 Å². The number of hydrogen-bond acceptors (Lipinski definition) is 4. The van der Waals surface area contributed by atoms with E-state index in [0.29, 0.717) is 17.8 Å². The fourth-order valence-electron chi connectivity index (χ4n) is 3.14. The quantitative estimate of drug-likeness (QED) is 0.719. The highest BCUT2D eigenvalue weighted by Gasteiger charge is 2.33. The van der Waals surface area contributed by atoms with E-state index in [2.05, 4.69) is 5.32 Å². The maximum absolute atomic E-state index is 10.8. The lowest BCUT2D eigenvalue weighted by atomic mass is 9.85. The molecule has 1 aliphatic carbocycles. The smallest absolute Gasteiger partial charge is 0.317 e. The maximum atomic E-state index is 10.8. The third-order valence-electron chi connectivity index (χ3n) is 4.52. The van der Waals surface area contributed by atoms with Crippen molar-refractivity contribution in [1.29, 1.82) is 0 Å². The number of nitrogens with one attached hydrogen (secondary N) is 1. The highest BCUT2D eigenvalue weighted by molar-refractivity contribution is 5.69. The summed E-state index contributed by atoms with van der Waals surface area (Å²) in [6, 6.07) is 4.84. The molecule has 0 aliphatic heterocycles. The van der Waals surface area contributed by atoms with Crippen molar-refractivity contribution in [2.75, 3.05) is 13.1 Å². The minimum atomic E-state index is -0.756. The number of aliphatic carboxylic acids is 1. The summed E-state index contributed by atoms with van der Waals surface area (Å²) in [5, 5.41) is 22.2. The molecule has 122 valence electrons. The molecule has 0 saturated heterocycles. The van der Waals surface area contributed by atoms with Crippen molar-refractivity contribution in [1.82, 2.24) is 10.2 Å². The number of rotatable bonds is 7. The Morgan fingerprint density at radius 3 is 2.41 bits per heavy atom. The van der Waals surface area contributed by atoms with E-state index < -0.39 is 5.97 Å². The number of carboxylic acids is 1. The monoisotopic (exact) mass is 306 g/mol. The molecule has 1 aromatic carbocycles. The summed E-state index contributed by atoms with van der Waals surface area (Å²) < 4.78 is 0. The van der Waals surface area contributed by atoms with E-state index in [0.717, 1.165) is 37.1 Å². The van der Waals surface area contributed by atoms with Crippen LogP contribution in [0, 0.1) is 13.8 Å². The predicted octanol–water partition coefficient (Wildman–Crippen LogP) is 2.04. The Labute approximate surface area is 131 Å². The number of carboxylic acid groups (broad SMARTS) is 1. The fraction of sp³-hybridized carbons (Fsp3) is 0.588. The summed E-state index contributed by atoms with van der Waals surface area (Å²) in [6.45, 7) is 7.52. The Bertz CT molecular complexity index is 516. The molecular weight excluding hydrogens is 280 g/mol. The van der Waals surface area contributed by atoms with Gasteiger partial charge in [-0.2, -0.15) is 0 Å². The Balaban J connectivity index is 1.80. The molecule has 0 radical (unpaired) electrons. The number of carbonyl (C=O) groups is 1. The number of likely N-dealkylation sites (N-methyl/N-ethyl adjacent to an activating group) is 1. The molecule has 0 bridgehead atoms. The number of aromatic hydroxyl groups is 1. The van der Waals surface area contributed by atoms with Gasteiger partial charge in [0.15, 0.2) is 0 Å². The molecule has 22 heavy (non-hydrogen) atoms. The van der Waals surface area contributed by atoms with Gasteiger partial charge in [0.25, 0.3) is 0 Å². The van der Waals surface area contributed by atoms with Gasteiger partial charge in [-0.3, -0.25) is 9.69 Å². The van der Waals surface area contributed by atoms with E-state index >= 15 is 0 Å². The zero-order valence-electron chi connectivity index (χ0n) is 13.6. The highest BCUT2D eigenvalue weighted by Crippen LogP contribution is 2.27. The lowest BCUT2D eigenvalue weighted by molar-refractivity contribution is -0.139. The van der Waals surface area contributed by atoms with Crippen molar-refractivity contribution in [3.8, 4) is 5.75 Å². The van der Waals surface area contributed by atoms with Gasteiger partial charge in [0, 0.05) is 18.6 Å². The highest BCUT2D eigenvalue weighted by atomic mass is 16.4. The van der Waals surface area contributed by atoms with Crippen LogP contribution in [0.3, 0.4) is 0 Å². The molecule has 1 aliphatic rings. The second kappa shape index (κ2) is 7.11. The molecule has 1 fully saturated rings. The van der Waals surface area contributed by atoms with Crippen molar-refractivity contribution in [3.63, 3.8) is 0 Å². The average Bonchev–Trinajstić information content (AvgIpc) is 2.41. The standard InChI is InChI=1S/C17H26N2O3/c1-4-19(10-16(20)21)15-7-14(8-15)18-9-13-5-11(2)17(22)12(3)6-13/h5-6,14-15,18,22H,4,7-10H2,1-3H3,(H,20,21). The van der Waals surface area contributed by atoms with Crippen molar-refractivity contribution >= 4 is 5.97 Å². The predicted molar refractivity (Wildman–Crippen MR) is 86.1 cm³/mol. The van der Waals surface area contributed by atoms with Crippen molar-refractivity contribution in [2.24, 2.45) is 0 Å². The summed E-state index contributed by atoms with van der Waals surface area (Å²) in [6.07, 6.45) is 1.99. The minimum Gasteiger partial charge on any atom is -0.507 e. The van der Waals surface area contributed by atoms with E-state index in [1.807, 2.05) is 37.8 Å². The van der Waals surface area contributed by atoms with Gasteiger partial charge in [0.05, 0.1) is 6.54 Å². The number of hydrogen-bond donors (Lipinski definition) is 3. The molecule has 0 heterocycles. The molecule has 1 aromatic rings.